The molecule has 0 bridgehead atoms. The van der Waals surface area contributed by atoms with E-state index in [9.17, 15) is 9.59 Å². The Balaban J connectivity index is 1.66. The maximum Gasteiger partial charge on any atom is 0.261 e. The molecule has 0 fully saturated rings. The van der Waals surface area contributed by atoms with Crippen LogP contribution in [0.25, 0.3) is 0 Å². The third kappa shape index (κ3) is 2.05. The number of benzene rings is 2. The molecule has 0 aliphatic carbocycles. The lowest BCUT2D eigenvalue weighted by Gasteiger charge is -2.18. The van der Waals surface area contributed by atoms with Gasteiger partial charge in [-0.1, -0.05) is 19.1 Å². The molecule has 0 spiro atoms. The Hall–Kier alpha value is -2.62. The van der Waals surface area contributed by atoms with Gasteiger partial charge in [0.05, 0.1) is 11.1 Å². The Labute approximate surface area is 135 Å². The zero-order valence-electron chi connectivity index (χ0n) is 13.3. The van der Waals surface area contributed by atoms with Gasteiger partial charge in [-0.15, -0.1) is 0 Å². The highest BCUT2D eigenvalue weighted by atomic mass is 16.2. The zero-order valence-corrected chi connectivity index (χ0v) is 13.3. The molecule has 2 aromatic rings. The number of rotatable bonds is 2. The van der Waals surface area contributed by atoms with Crippen molar-refractivity contribution >= 4 is 17.5 Å². The Bertz CT molecular complexity index is 779. The number of hydrogen-bond acceptors (Lipinski definition) is 3. The Morgan fingerprint density at radius 3 is 1.91 bits per heavy atom. The van der Waals surface area contributed by atoms with Crippen molar-refractivity contribution in [2.75, 3.05) is 11.9 Å². The van der Waals surface area contributed by atoms with Crippen LogP contribution in [0.2, 0.25) is 0 Å². The maximum absolute atomic E-state index is 12.1. The van der Waals surface area contributed by atoms with Gasteiger partial charge in [-0.05, 0) is 47.4 Å². The molecule has 4 rings (SSSR count). The first-order valence-electron chi connectivity index (χ1n) is 7.90. The average molecular weight is 306 g/mol. The highest BCUT2D eigenvalue weighted by molar-refractivity contribution is 6.21. The molecule has 2 heterocycles. The summed E-state index contributed by atoms with van der Waals surface area (Å²) in [5.41, 5.74) is 5.86. The van der Waals surface area contributed by atoms with Gasteiger partial charge in [0.25, 0.3) is 11.8 Å². The number of imide groups is 1. The molecule has 4 nitrogen and oxygen atoms in total. The van der Waals surface area contributed by atoms with E-state index in [0.29, 0.717) is 11.1 Å². The highest BCUT2D eigenvalue weighted by Gasteiger charge is 2.35. The van der Waals surface area contributed by atoms with Crippen LogP contribution in [-0.2, 0) is 19.5 Å². The molecular weight excluding hydrogens is 288 g/mol. The minimum atomic E-state index is -0.196. The molecule has 23 heavy (non-hydrogen) atoms. The SMILES string of the molecule is CCc1ccc(N2Cc3cc4c(cc3C2)C(=O)N(C)C4=O)cc1. The van der Waals surface area contributed by atoms with E-state index in [1.807, 2.05) is 12.1 Å². The predicted octanol–water partition coefficient (Wildman–Crippen LogP) is 3.00. The van der Waals surface area contributed by atoms with E-state index in [1.165, 1.54) is 23.2 Å². The van der Waals surface area contributed by atoms with Crippen LogP contribution in [0.15, 0.2) is 36.4 Å². The fourth-order valence-corrected chi connectivity index (χ4v) is 3.38. The molecular formula is C19H18N2O2. The topological polar surface area (TPSA) is 40.6 Å². The molecule has 0 radical (unpaired) electrons. The van der Waals surface area contributed by atoms with Crippen molar-refractivity contribution in [2.45, 2.75) is 26.4 Å². The van der Waals surface area contributed by atoms with Gasteiger partial charge in [0.15, 0.2) is 0 Å². The summed E-state index contributed by atoms with van der Waals surface area (Å²) in [6.45, 7) is 3.70. The molecule has 0 aromatic heterocycles. The van der Waals surface area contributed by atoms with Crippen LogP contribution in [0.3, 0.4) is 0 Å². The van der Waals surface area contributed by atoms with Crippen molar-refractivity contribution < 1.29 is 9.59 Å². The summed E-state index contributed by atoms with van der Waals surface area (Å²) >= 11 is 0. The second-order valence-corrected chi connectivity index (χ2v) is 6.21. The second kappa shape index (κ2) is 4.95. The zero-order chi connectivity index (χ0) is 16.1. The standard InChI is InChI=1S/C19H18N2O2/c1-3-12-4-6-15(7-5-12)21-10-13-8-16-17(9-14(13)11-21)19(23)20(2)18(16)22/h4-9H,3,10-11H2,1-2H3. The van der Waals surface area contributed by atoms with E-state index in [4.69, 9.17) is 0 Å². The number of hydrogen-bond donors (Lipinski definition) is 0. The third-order valence-corrected chi connectivity index (χ3v) is 4.84. The Morgan fingerprint density at radius 1 is 0.913 bits per heavy atom. The first-order valence-corrected chi connectivity index (χ1v) is 7.90. The van der Waals surface area contributed by atoms with E-state index in [-0.39, 0.29) is 11.8 Å². The first kappa shape index (κ1) is 14.0. The molecule has 0 N–H and O–H groups in total. The summed E-state index contributed by atoms with van der Waals surface area (Å²) in [6, 6.07) is 12.4. The molecule has 2 amide bonds. The summed E-state index contributed by atoms with van der Waals surface area (Å²) in [5.74, 6) is -0.392. The van der Waals surface area contributed by atoms with Gasteiger partial charge in [-0.3, -0.25) is 14.5 Å². The summed E-state index contributed by atoms with van der Waals surface area (Å²) in [4.78, 5) is 27.7. The van der Waals surface area contributed by atoms with Crippen molar-refractivity contribution in [3.63, 3.8) is 0 Å². The Morgan fingerprint density at radius 2 is 1.43 bits per heavy atom. The molecule has 4 heteroatoms. The normalized spacial score (nSPS) is 16.1. The lowest BCUT2D eigenvalue weighted by atomic mass is 10.0. The lowest BCUT2D eigenvalue weighted by molar-refractivity contribution is 0.0693. The Kier molecular flexibility index (Phi) is 3.01. The monoisotopic (exact) mass is 306 g/mol. The van der Waals surface area contributed by atoms with E-state index < -0.39 is 0 Å². The summed E-state index contributed by atoms with van der Waals surface area (Å²) < 4.78 is 0. The van der Waals surface area contributed by atoms with Crippen molar-refractivity contribution in [2.24, 2.45) is 0 Å². The number of nitrogens with zero attached hydrogens (tertiary/aromatic N) is 2. The van der Waals surface area contributed by atoms with Gasteiger partial charge < -0.3 is 4.90 Å². The van der Waals surface area contributed by atoms with E-state index in [0.717, 1.165) is 30.6 Å². The van der Waals surface area contributed by atoms with Crippen molar-refractivity contribution in [3.8, 4) is 0 Å². The van der Waals surface area contributed by atoms with Crippen LogP contribution in [0, 0.1) is 0 Å². The highest BCUT2D eigenvalue weighted by Crippen LogP contribution is 2.33. The number of carbonyl (C=O) groups excluding carboxylic acids is 2. The summed E-state index contributed by atoms with van der Waals surface area (Å²) in [7, 11) is 1.54. The molecule has 116 valence electrons. The molecule has 0 saturated carbocycles. The quantitative estimate of drug-likeness (QED) is 0.801. The van der Waals surface area contributed by atoms with Gasteiger partial charge >= 0.3 is 0 Å². The van der Waals surface area contributed by atoms with E-state index in [2.05, 4.69) is 36.1 Å². The van der Waals surface area contributed by atoms with Crippen LogP contribution in [-0.4, -0.2) is 23.8 Å². The van der Waals surface area contributed by atoms with Crippen LogP contribution in [0.4, 0.5) is 5.69 Å². The number of carbonyl (C=O) groups is 2. The van der Waals surface area contributed by atoms with E-state index >= 15 is 0 Å². The molecule has 0 atom stereocenters. The van der Waals surface area contributed by atoms with Crippen LogP contribution in [0.5, 0.6) is 0 Å². The number of anilines is 1. The van der Waals surface area contributed by atoms with E-state index in [1.54, 1.807) is 0 Å². The third-order valence-electron chi connectivity index (χ3n) is 4.84. The lowest BCUT2D eigenvalue weighted by Crippen LogP contribution is -2.24. The minimum absolute atomic E-state index is 0.196. The summed E-state index contributed by atoms with van der Waals surface area (Å²) in [6.07, 6.45) is 1.03. The van der Waals surface area contributed by atoms with Crippen molar-refractivity contribution in [3.05, 3.63) is 64.2 Å². The fraction of sp³-hybridized carbons (Fsp3) is 0.263. The summed E-state index contributed by atoms with van der Waals surface area (Å²) in [5, 5.41) is 0. The maximum atomic E-state index is 12.1. The number of aryl methyl sites for hydroxylation is 1. The average Bonchev–Trinajstić information content (AvgIpc) is 3.09. The minimum Gasteiger partial charge on any atom is -0.363 e. The van der Waals surface area contributed by atoms with Gasteiger partial charge in [-0.2, -0.15) is 0 Å². The van der Waals surface area contributed by atoms with Gasteiger partial charge in [0, 0.05) is 25.8 Å². The van der Waals surface area contributed by atoms with Crippen molar-refractivity contribution in [1.29, 1.82) is 0 Å². The van der Waals surface area contributed by atoms with Gasteiger partial charge in [0.1, 0.15) is 0 Å². The number of amides is 2. The molecule has 2 aliphatic heterocycles. The van der Waals surface area contributed by atoms with Crippen LogP contribution < -0.4 is 4.90 Å². The molecule has 0 saturated heterocycles. The van der Waals surface area contributed by atoms with Crippen LogP contribution >= 0.6 is 0 Å². The molecule has 0 unspecified atom stereocenters. The second-order valence-electron chi connectivity index (χ2n) is 6.21. The van der Waals surface area contributed by atoms with Crippen molar-refractivity contribution in [1.82, 2.24) is 4.90 Å². The van der Waals surface area contributed by atoms with Gasteiger partial charge in [0.2, 0.25) is 0 Å². The largest absolute Gasteiger partial charge is 0.363 e. The van der Waals surface area contributed by atoms with Crippen LogP contribution in [0.1, 0.15) is 44.3 Å². The fourth-order valence-electron chi connectivity index (χ4n) is 3.38. The molecule has 2 aromatic carbocycles. The smallest absolute Gasteiger partial charge is 0.261 e. The first-order chi connectivity index (χ1) is 11.1. The molecule has 2 aliphatic rings. The number of fused-ring (bicyclic) bond motifs is 2. The predicted molar refractivity (Wildman–Crippen MR) is 88.6 cm³/mol. The van der Waals surface area contributed by atoms with Gasteiger partial charge in [-0.25, -0.2) is 0 Å².